The zero-order chi connectivity index (χ0) is 16.4. The average molecular weight is 319 g/mol. The van der Waals surface area contributed by atoms with Gasteiger partial charge in [0.25, 0.3) is 0 Å². The van der Waals surface area contributed by atoms with E-state index in [0.29, 0.717) is 0 Å². The zero-order valence-corrected chi connectivity index (χ0v) is 13.8. The van der Waals surface area contributed by atoms with E-state index in [-0.39, 0.29) is 12.0 Å². The molecule has 1 aromatic heterocycles. The topological polar surface area (TPSA) is 46.5 Å². The summed E-state index contributed by atoms with van der Waals surface area (Å²) in [5.41, 5.74) is 4.87. The summed E-state index contributed by atoms with van der Waals surface area (Å²) in [6, 6.07) is 4.25. The van der Waals surface area contributed by atoms with E-state index in [1.54, 1.807) is 7.11 Å². The van der Waals surface area contributed by atoms with Crippen molar-refractivity contribution in [3.63, 3.8) is 0 Å². The van der Waals surface area contributed by atoms with Crippen LogP contribution in [0.25, 0.3) is 5.70 Å². The van der Waals surface area contributed by atoms with Crippen molar-refractivity contribution in [2.24, 2.45) is 10.9 Å². The molecule has 0 spiro atoms. The number of hydrogen-bond acceptors (Lipinski definition) is 4. The molecule has 4 rings (SSSR count). The van der Waals surface area contributed by atoms with Crippen molar-refractivity contribution in [1.29, 1.82) is 0 Å². The van der Waals surface area contributed by atoms with Gasteiger partial charge in [-0.3, -0.25) is 9.98 Å². The Hall–Kier alpha value is -2.62. The van der Waals surface area contributed by atoms with E-state index >= 15 is 0 Å². The quantitative estimate of drug-likeness (QED) is 0.930. The first-order chi connectivity index (χ1) is 11.9. The van der Waals surface area contributed by atoms with Crippen molar-refractivity contribution in [3.05, 3.63) is 71.3 Å². The lowest BCUT2D eigenvalue weighted by Crippen LogP contribution is -2.22. The van der Waals surface area contributed by atoms with Gasteiger partial charge in [-0.1, -0.05) is 18.2 Å². The van der Waals surface area contributed by atoms with Gasteiger partial charge in [-0.05, 0) is 42.2 Å². The van der Waals surface area contributed by atoms with Gasteiger partial charge in [0.15, 0.2) is 0 Å². The Bertz CT molecular complexity index is 771. The van der Waals surface area contributed by atoms with Gasteiger partial charge >= 0.3 is 0 Å². The van der Waals surface area contributed by atoms with Crippen molar-refractivity contribution in [2.75, 3.05) is 13.7 Å². The van der Waals surface area contributed by atoms with E-state index in [9.17, 15) is 0 Å². The third-order valence-corrected chi connectivity index (χ3v) is 4.74. The Morgan fingerprint density at radius 1 is 1.38 bits per heavy atom. The smallest absolute Gasteiger partial charge is 0.105 e. The molecule has 122 valence electrons. The minimum atomic E-state index is 0.162. The summed E-state index contributed by atoms with van der Waals surface area (Å²) in [6.45, 7) is 1.00. The Balaban J connectivity index is 1.73. The number of nitrogens with zero attached hydrogens (tertiary/aromatic N) is 2. The normalized spacial score (nSPS) is 27.0. The summed E-state index contributed by atoms with van der Waals surface area (Å²) in [6.07, 6.45) is 16.4. The summed E-state index contributed by atoms with van der Waals surface area (Å²) in [4.78, 5) is 8.90. The fourth-order valence-electron chi connectivity index (χ4n) is 3.59. The van der Waals surface area contributed by atoms with Crippen LogP contribution in [0.5, 0.6) is 0 Å². The molecule has 1 aliphatic carbocycles. The molecule has 4 nitrogen and oxygen atoms in total. The van der Waals surface area contributed by atoms with Crippen LogP contribution < -0.4 is 5.32 Å². The molecule has 4 heteroatoms. The molecule has 0 saturated carbocycles. The number of fused-ring (bicyclic) bond motifs is 1. The Kier molecular flexibility index (Phi) is 4.03. The van der Waals surface area contributed by atoms with Crippen LogP contribution >= 0.6 is 0 Å². The number of allylic oxidation sites excluding steroid dienone is 4. The molecule has 0 radical (unpaired) electrons. The van der Waals surface area contributed by atoms with Crippen LogP contribution in [0.2, 0.25) is 0 Å². The molecule has 3 aliphatic rings. The van der Waals surface area contributed by atoms with Gasteiger partial charge in [-0.25, -0.2) is 0 Å². The fraction of sp³-hybridized carbons (Fsp3) is 0.300. The monoisotopic (exact) mass is 319 g/mol. The highest BCUT2D eigenvalue weighted by Gasteiger charge is 2.33. The molecule has 1 N–H and O–H groups in total. The van der Waals surface area contributed by atoms with Crippen molar-refractivity contribution in [3.8, 4) is 0 Å². The van der Waals surface area contributed by atoms with Crippen LogP contribution in [0.1, 0.15) is 18.4 Å². The van der Waals surface area contributed by atoms with Crippen LogP contribution in [0.3, 0.4) is 0 Å². The van der Waals surface area contributed by atoms with Crippen LogP contribution in [-0.2, 0) is 4.74 Å². The number of rotatable bonds is 3. The Morgan fingerprint density at radius 2 is 2.33 bits per heavy atom. The van der Waals surface area contributed by atoms with E-state index < -0.39 is 0 Å². The molecule has 2 atom stereocenters. The van der Waals surface area contributed by atoms with Crippen LogP contribution in [0.4, 0.5) is 0 Å². The Labute approximate surface area is 142 Å². The number of ether oxygens (including phenoxy) is 1. The SMILES string of the molecule is COC1=CC=CC2N=CC(=CC3=C(c4cccnc4)NCCC3)C12. The summed E-state index contributed by atoms with van der Waals surface area (Å²) in [7, 11) is 1.74. The minimum absolute atomic E-state index is 0.162. The molecule has 0 aromatic carbocycles. The molecular formula is C20H21N3O. The molecule has 24 heavy (non-hydrogen) atoms. The second-order valence-electron chi connectivity index (χ2n) is 6.22. The van der Waals surface area contributed by atoms with Crippen LogP contribution in [0, 0.1) is 5.92 Å². The summed E-state index contributed by atoms with van der Waals surface area (Å²) in [5, 5.41) is 3.55. The largest absolute Gasteiger partial charge is 0.500 e. The lowest BCUT2D eigenvalue weighted by Gasteiger charge is -2.24. The molecule has 2 unspecified atom stereocenters. The van der Waals surface area contributed by atoms with Gasteiger partial charge < -0.3 is 10.1 Å². The highest BCUT2D eigenvalue weighted by Crippen LogP contribution is 2.36. The highest BCUT2D eigenvalue weighted by atomic mass is 16.5. The number of pyridine rings is 1. The maximum absolute atomic E-state index is 5.58. The number of aliphatic imine (C=N–C) groups is 1. The number of methoxy groups -OCH3 is 1. The molecule has 0 saturated heterocycles. The minimum Gasteiger partial charge on any atom is -0.500 e. The molecule has 3 heterocycles. The number of aromatic nitrogens is 1. The third-order valence-electron chi connectivity index (χ3n) is 4.74. The fourth-order valence-corrected chi connectivity index (χ4v) is 3.59. The van der Waals surface area contributed by atoms with Gasteiger partial charge in [-0.2, -0.15) is 0 Å². The van der Waals surface area contributed by atoms with Crippen molar-refractivity contribution >= 4 is 11.9 Å². The maximum Gasteiger partial charge on any atom is 0.105 e. The molecule has 0 amide bonds. The molecular weight excluding hydrogens is 298 g/mol. The average Bonchev–Trinajstić information content (AvgIpc) is 3.06. The number of hydrogen-bond donors (Lipinski definition) is 1. The van der Waals surface area contributed by atoms with Crippen LogP contribution in [0.15, 0.2) is 70.7 Å². The second-order valence-corrected chi connectivity index (χ2v) is 6.22. The highest BCUT2D eigenvalue weighted by molar-refractivity contribution is 5.86. The van der Waals surface area contributed by atoms with Gasteiger partial charge in [0.05, 0.1) is 19.1 Å². The standard InChI is InChI=1S/C20H21N3O/c1-24-18-8-2-7-17-19(18)16(13-23-17)11-14-5-4-10-22-20(14)15-6-3-9-21-12-15/h2-3,6-9,11-13,17,19,22H,4-5,10H2,1H3. The van der Waals surface area contributed by atoms with Gasteiger partial charge in [0.2, 0.25) is 0 Å². The summed E-state index contributed by atoms with van der Waals surface area (Å²) >= 11 is 0. The van der Waals surface area contributed by atoms with Crippen molar-refractivity contribution < 1.29 is 4.74 Å². The summed E-state index contributed by atoms with van der Waals surface area (Å²) < 4.78 is 5.58. The maximum atomic E-state index is 5.58. The molecule has 1 aromatic rings. The molecule has 0 fully saturated rings. The van der Waals surface area contributed by atoms with Gasteiger partial charge in [-0.15, -0.1) is 0 Å². The lowest BCUT2D eigenvalue weighted by atomic mass is 9.87. The van der Waals surface area contributed by atoms with E-state index in [0.717, 1.165) is 30.7 Å². The van der Waals surface area contributed by atoms with Crippen LogP contribution in [-0.4, -0.2) is 30.9 Å². The summed E-state index contributed by atoms with van der Waals surface area (Å²) in [5.74, 6) is 1.18. The Morgan fingerprint density at radius 3 is 3.17 bits per heavy atom. The predicted molar refractivity (Wildman–Crippen MR) is 96.5 cm³/mol. The van der Waals surface area contributed by atoms with E-state index in [2.05, 4.69) is 33.5 Å². The van der Waals surface area contributed by atoms with E-state index in [1.807, 2.05) is 36.8 Å². The first-order valence-electron chi connectivity index (χ1n) is 8.41. The second kappa shape index (κ2) is 6.48. The first kappa shape index (κ1) is 14.9. The number of nitrogens with one attached hydrogen (secondary N) is 1. The van der Waals surface area contributed by atoms with Crippen molar-refractivity contribution in [2.45, 2.75) is 18.9 Å². The van der Waals surface area contributed by atoms with Crippen molar-refractivity contribution in [1.82, 2.24) is 10.3 Å². The van der Waals surface area contributed by atoms with Gasteiger partial charge in [0, 0.05) is 36.4 Å². The van der Waals surface area contributed by atoms with Gasteiger partial charge in [0.1, 0.15) is 5.76 Å². The predicted octanol–water partition coefficient (Wildman–Crippen LogP) is 3.27. The lowest BCUT2D eigenvalue weighted by molar-refractivity contribution is 0.250. The van der Waals surface area contributed by atoms with E-state index in [4.69, 9.17) is 4.74 Å². The zero-order valence-electron chi connectivity index (χ0n) is 13.8. The first-order valence-corrected chi connectivity index (χ1v) is 8.41. The molecule has 0 bridgehead atoms. The third kappa shape index (κ3) is 2.68. The van der Waals surface area contributed by atoms with E-state index in [1.165, 1.54) is 16.8 Å². The molecule has 2 aliphatic heterocycles.